The maximum absolute atomic E-state index is 14.1. The van der Waals surface area contributed by atoms with Crippen molar-refractivity contribution in [1.29, 1.82) is 0 Å². The van der Waals surface area contributed by atoms with E-state index in [0.29, 0.717) is 5.56 Å². The molecule has 1 fully saturated rings. The van der Waals surface area contributed by atoms with Gasteiger partial charge in [0, 0.05) is 11.8 Å². The molecule has 0 radical (unpaired) electrons. The number of Topliss-reactive ketones (excluding diaryl/α,β-unsaturated/α-hetero) is 1. The molecular weight excluding hydrogens is 372 g/mol. The van der Waals surface area contributed by atoms with Gasteiger partial charge in [0.2, 0.25) is 0 Å². The number of rotatable bonds is 3. The van der Waals surface area contributed by atoms with Crippen molar-refractivity contribution >= 4 is 11.8 Å². The summed E-state index contributed by atoms with van der Waals surface area (Å²) in [7, 11) is 1.16. The predicted molar refractivity (Wildman–Crippen MR) is 83.4 cm³/mol. The van der Waals surface area contributed by atoms with Gasteiger partial charge in [-0.05, 0) is 42.5 Å². The molecule has 5 nitrogen and oxygen atoms in total. The first kappa shape index (κ1) is 19.6. The minimum Gasteiger partial charge on any atom is -0.481 e. The van der Waals surface area contributed by atoms with Crippen molar-refractivity contribution in [2.24, 2.45) is 11.3 Å². The van der Waals surface area contributed by atoms with Crippen LogP contribution in [0.25, 0.3) is 0 Å². The number of ketones is 1. The molecular formula is C18H18F4O5. The topological polar surface area (TPSA) is 72.8 Å². The molecule has 1 N–H and O–H groups in total. The molecule has 1 spiro atoms. The van der Waals surface area contributed by atoms with Crippen molar-refractivity contribution in [3.8, 4) is 5.75 Å². The van der Waals surface area contributed by atoms with E-state index in [0.717, 1.165) is 19.2 Å². The Kier molecular flexibility index (Phi) is 4.92. The fourth-order valence-corrected chi connectivity index (χ4v) is 4.03. The maximum Gasteiger partial charge on any atom is 0.422 e. The highest BCUT2D eigenvalue weighted by Crippen LogP contribution is 2.55. The molecule has 27 heavy (non-hydrogen) atoms. The number of carbonyl (C=O) groups excluding carboxylic acids is 2. The van der Waals surface area contributed by atoms with E-state index >= 15 is 0 Å². The molecule has 0 aliphatic heterocycles. The fraction of sp³-hybridized carbons (Fsp3) is 0.556. The van der Waals surface area contributed by atoms with Crippen molar-refractivity contribution in [3.63, 3.8) is 0 Å². The van der Waals surface area contributed by atoms with Crippen molar-refractivity contribution in [2.75, 3.05) is 13.7 Å². The van der Waals surface area contributed by atoms with Crippen LogP contribution < -0.4 is 4.74 Å². The van der Waals surface area contributed by atoms with E-state index in [2.05, 4.69) is 9.47 Å². The van der Waals surface area contributed by atoms with Crippen molar-refractivity contribution in [2.45, 2.75) is 38.0 Å². The lowest BCUT2D eigenvalue weighted by Gasteiger charge is -2.38. The summed E-state index contributed by atoms with van der Waals surface area (Å²) in [6, 6.07) is 2.11. The van der Waals surface area contributed by atoms with Gasteiger partial charge in [-0.1, -0.05) is 0 Å². The lowest BCUT2D eigenvalue weighted by Crippen LogP contribution is -2.40. The number of ether oxygens (including phenoxy) is 2. The highest BCUT2D eigenvalue weighted by molar-refractivity contribution is 5.99. The molecule has 3 atom stereocenters. The molecule has 0 amide bonds. The molecule has 2 aliphatic carbocycles. The molecule has 0 heterocycles. The second-order valence-electron chi connectivity index (χ2n) is 7.07. The van der Waals surface area contributed by atoms with Crippen LogP contribution in [0.1, 0.15) is 36.5 Å². The summed E-state index contributed by atoms with van der Waals surface area (Å²) in [5, 5.41) is 10.8. The highest BCUT2D eigenvalue weighted by Gasteiger charge is 2.52. The number of fused-ring (bicyclic) bond motifs is 1. The highest BCUT2D eigenvalue weighted by atomic mass is 19.4. The number of hydrogen-bond acceptors (Lipinski definition) is 5. The zero-order chi connectivity index (χ0) is 20.0. The predicted octanol–water partition coefficient (Wildman–Crippen LogP) is 2.88. The Hall–Kier alpha value is -2.16. The zero-order valence-corrected chi connectivity index (χ0v) is 14.4. The Morgan fingerprint density at radius 3 is 2.70 bits per heavy atom. The Morgan fingerprint density at radius 1 is 1.37 bits per heavy atom. The van der Waals surface area contributed by atoms with Gasteiger partial charge in [0.25, 0.3) is 0 Å². The summed E-state index contributed by atoms with van der Waals surface area (Å²) in [4.78, 5) is 23.9. The van der Waals surface area contributed by atoms with Crippen molar-refractivity contribution < 1.29 is 41.7 Å². The van der Waals surface area contributed by atoms with Gasteiger partial charge in [-0.15, -0.1) is 0 Å². The van der Waals surface area contributed by atoms with Crippen molar-refractivity contribution in [1.82, 2.24) is 0 Å². The van der Waals surface area contributed by atoms with E-state index in [1.807, 2.05) is 0 Å². The first-order valence-electron chi connectivity index (χ1n) is 8.37. The quantitative estimate of drug-likeness (QED) is 0.488. The third kappa shape index (κ3) is 3.65. The Labute approximate surface area is 152 Å². The Balaban J connectivity index is 1.87. The average Bonchev–Trinajstić information content (AvgIpc) is 2.85. The molecule has 9 heteroatoms. The number of esters is 1. The van der Waals surface area contributed by atoms with E-state index in [-0.39, 0.29) is 37.0 Å². The average molecular weight is 390 g/mol. The van der Waals surface area contributed by atoms with Crippen LogP contribution in [-0.4, -0.2) is 36.8 Å². The van der Waals surface area contributed by atoms with E-state index in [1.165, 1.54) is 0 Å². The molecule has 148 valence electrons. The molecule has 3 unspecified atom stereocenters. The molecule has 2 aliphatic rings. The smallest absolute Gasteiger partial charge is 0.422 e. The minimum atomic E-state index is -4.62. The summed E-state index contributed by atoms with van der Waals surface area (Å²) in [6.07, 6.45) is -5.18. The molecule has 0 saturated heterocycles. The lowest BCUT2D eigenvalue weighted by molar-refractivity contribution is -0.155. The number of halogens is 4. The first-order valence-corrected chi connectivity index (χ1v) is 8.37. The summed E-state index contributed by atoms with van der Waals surface area (Å²) >= 11 is 0. The Morgan fingerprint density at radius 2 is 2.07 bits per heavy atom. The summed E-state index contributed by atoms with van der Waals surface area (Å²) < 4.78 is 60.3. The molecule has 0 aromatic heterocycles. The summed E-state index contributed by atoms with van der Waals surface area (Å²) in [5.41, 5.74) is -0.187. The monoisotopic (exact) mass is 390 g/mol. The summed E-state index contributed by atoms with van der Waals surface area (Å²) in [6.45, 7) is -1.65. The number of carbonyl (C=O) groups is 2. The number of aliphatic hydroxyl groups excluding tert-OH is 1. The summed E-state index contributed by atoms with van der Waals surface area (Å²) in [5.74, 6) is -3.55. The van der Waals surface area contributed by atoms with Crippen LogP contribution >= 0.6 is 0 Å². The van der Waals surface area contributed by atoms with E-state index < -0.39 is 47.8 Å². The number of benzene rings is 1. The second kappa shape index (κ2) is 6.78. The number of aliphatic hydroxyl groups is 1. The van der Waals surface area contributed by atoms with Crippen LogP contribution in [0.2, 0.25) is 0 Å². The van der Waals surface area contributed by atoms with Crippen molar-refractivity contribution in [3.05, 3.63) is 29.1 Å². The van der Waals surface area contributed by atoms with Gasteiger partial charge < -0.3 is 14.6 Å². The van der Waals surface area contributed by atoms with Gasteiger partial charge in [-0.2, -0.15) is 13.2 Å². The van der Waals surface area contributed by atoms with Crippen LogP contribution in [0.15, 0.2) is 12.1 Å². The third-order valence-electron chi connectivity index (χ3n) is 5.36. The molecule has 1 aromatic carbocycles. The van der Waals surface area contributed by atoms with E-state index in [4.69, 9.17) is 0 Å². The van der Waals surface area contributed by atoms with Crippen LogP contribution in [0.5, 0.6) is 5.75 Å². The minimum absolute atomic E-state index is 0.0364. The van der Waals surface area contributed by atoms with Crippen LogP contribution in [0, 0.1) is 17.2 Å². The molecule has 3 rings (SSSR count). The number of hydrogen-bond donors (Lipinski definition) is 1. The van der Waals surface area contributed by atoms with E-state index in [9.17, 15) is 32.3 Å². The third-order valence-corrected chi connectivity index (χ3v) is 5.36. The van der Waals surface area contributed by atoms with Gasteiger partial charge >= 0.3 is 12.1 Å². The van der Waals surface area contributed by atoms with Gasteiger partial charge in [0.15, 0.2) is 18.2 Å². The maximum atomic E-state index is 14.1. The Bertz CT molecular complexity index is 768. The van der Waals surface area contributed by atoms with E-state index in [1.54, 1.807) is 0 Å². The molecule has 1 aromatic rings. The standard InChI is InChI=1S/C18H18F4O5/c1-26-16(25)11-7-17(3-2-13(11)23)6-9-4-12(19)14(5-10(9)15(17)24)27-8-18(20,21)22/h4-5,11,15,24H,2-3,6-8H2,1H3. The number of alkyl halides is 3. The lowest BCUT2D eigenvalue weighted by atomic mass is 9.66. The normalized spacial score (nSPS) is 27.6. The van der Waals surface area contributed by atoms with Gasteiger partial charge in [-0.25, -0.2) is 4.39 Å². The second-order valence-corrected chi connectivity index (χ2v) is 7.07. The van der Waals surface area contributed by atoms with Crippen LogP contribution in [-0.2, 0) is 20.7 Å². The molecule has 0 bridgehead atoms. The largest absolute Gasteiger partial charge is 0.481 e. The zero-order valence-electron chi connectivity index (χ0n) is 14.4. The first-order chi connectivity index (χ1) is 12.6. The fourth-order valence-electron chi connectivity index (χ4n) is 4.03. The number of methoxy groups -OCH3 is 1. The molecule has 1 saturated carbocycles. The van der Waals surface area contributed by atoms with Crippen LogP contribution in [0.4, 0.5) is 17.6 Å². The van der Waals surface area contributed by atoms with Gasteiger partial charge in [0.1, 0.15) is 11.7 Å². The van der Waals surface area contributed by atoms with Gasteiger partial charge in [0.05, 0.1) is 13.2 Å². The van der Waals surface area contributed by atoms with Gasteiger partial charge in [-0.3, -0.25) is 9.59 Å². The van der Waals surface area contributed by atoms with Crippen LogP contribution in [0.3, 0.4) is 0 Å². The SMILES string of the molecule is COC(=O)C1CC2(CCC1=O)Cc1cc(F)c(OCC(F)(F)F)cc1C2O.